The van der Waals surface area contributed by atoms with Gasteiger partial charge in [-0.05, 0) is 43.5 Å². The van der Waals surface area contributed by atoms with Crippen LogP contribution < -0.4 is 10.6 Å². The van der Waals surface area contributed by atoms with Gasteiger partial charge in [0.1, 0.15) is 5.82 Å². The summed E-state index contributed by atoms with van der Waals surface area (Å²) in [6, 6.07) is 4.80. The summed E-state index contributed by atoms with van der Waals surface area (Å²) in [5, 5.41) is 0. The van der Waals surface area contributed by atoms with E-state index in [1.807, 2.05) is 13.0 Å². The zero-order valence-corrected chi connectivity index (χ0v) is 9.04. The van der Waals surface area contributed by atoms with Gasteiger partial charge in [0.2, 0.25) is 0 Å². The van der Waals surface area contributed by atoms with Gasteiger partial charge < -0.3 is 10.6 Å². The molecule has 15 heavy (non-hydrogen) atoms. The number of nitrogens with two attached hydrogens (primary N) is 1. The Morgan fingerprint density at radius 3 is 2.60 bits per heavy atom. The second-order valence-corrected chi connectivity index (χ2v) is 4.19. The van der Waals surface area contributed by atoms with Gasteiger partial charge in [-0.1, -0.05) is 0 Å². The topological polar surface area (TPSA) is 29.3 Å². The number of anilines is 1. The summed E-state index contributed by atoms with van der Waals surface area (Å²) < 4.78 is 13.1. The summed E-state index contributed by atoms with van der Waals surface area (Å²) in [4.78, 5) is 2.29. The molecule has 0 amide bonds. The fourth-order valence-electron chi connectivity index (χ4n) is 2.14. The van der Waals surface area contributed by atoms with Crippen molar-refractivity contribution in [2.45, 2.75) is 25.8 Å². The second-order valence-electron chi connectivity index (χ2n) is 4.19. The molecule has 1 saturated heterocycles. The van der Waals surface area contributed by atoms with E-state index in [2.05, 4.69) is 4.90 Å². The van der Waals surface area contributed by atoms with Gasteiger partial charge >= 0.3 is 0 Å². The molecule has 2 rings (SSSR count). The molecule has 82 valence electrons. The third-order valence-electron chi connectivity index (χ3n) is 2.93. The van der Waals surface area contributed by atoms with E-state index in [1.54, 1.807) is 6.07 Å². The first-order valence-electron chi connectivity index (χ1n) is 5.48. The van der Waals surface area contributed by atoms with Crippen molar-refractivity contribution in [2.75, 3.05) is 18.0 Å². The standard InChI is InChI=1S/C12H17FN2/c1-9(14)11-8-10(13)4-5-12(11)15-6-2-3-7-15/h4-5,8-9H,2-3,6-7,14H2,1H3/t9-/m1/s1. The molecular weight excluding hydrogens is 191 g/mol. The third kappa shape index (κ3) is 2.12. The monoisotopic (exact) mass is 208 g/mol. The molecule has 0 unspecified atom stereocenters. The summed E-state index contributed by atoms with van der Waals surface area (Å²) in [6.45, 7) is 4.02. The van der Waals surface area contributed by atoms with Crippen LogP contribution in [0.4, 0.5) is 10.1 Å². The zero-order chi connectivity index (χ0) is 10.8. The Kier molecular flexibility index (Phi) is 2.91. The molecule has 0 aliphatic carbocycles. The van der Waals surface area contributed by atoms with E-state index in [0.29, 0.717) is 0 Å². The Bertz CT molecular complexity index is 343. The molecule has 0 bridgehead atoms. The Morgan fingerprint density at radius 2 is 2.00 bits per heavy atom. The number of benzene rings is 1. The number of hydrogen-bond donors (Lipinski definition) is 1. The van der Waals surface area contributed by atoms with Crippen molar-refractivity contribution >= 4 is 5.69 Å². The van der Waals surface area contributed by atoms with Crippen LogP contribution in [0.5, 0.6) is 0 Å². The van der Waals surface area contributed by atoms with Crippen LogP contribution in [-0.2, 0) is 0 Å². The predicted octanol–water partition coefficient (Wildman–Crippen LogP) is 2.45. The third-order valence-corrected chi connectivity index (χ3v) is 2.93. The minimum atomic E-state index is -0.203. The maximum Gasteiger partial charge on any atom is 0.123 e. The van der Waals surface area contributed by atoms with Gasteiger partial charge in [0.15, 0.2) is 0 Å². The molecule has 1 heterocycles. The quantitative estimate of drug-likeness (QED) is 0.808. The fourth-order valence-corrected chi connectivity index (χ4v) is 2.14. The average molecular weight is 208 g/mol. The molecule has 3 heteroatoms. The minimum Gasteiger partial charge on any atom is -0.371 e. The van der Waals surface area contributed by atoms with Crippen molar-refractivity contribution < 1.29 is 4.39 Å². The molecule has 2 nitrogen and oxygen atoms in total. The lowest BCUT2D eigenvalue weighted by Crippen LogP contribution is -2.21. The van der Waals surface area contributed by atoms with Gasteiger partial charge in [-0.25, -0.2) is 4.39 Å². The summed E-state index contributed by atoms with van der Waals surface area (Å²) in [5.74, 6) is -0.203. The summed E-state index contributed by atoms with van der Waals surface area (Å²) in [6.07, 6.45) is 2.44. The lowest BCUT2D eigenvalue weighted by atomic mass is 10.1. The molecule has 1 aliphatic heterocycles. The lowest BCUT2D eigenvalue weighted by molar-refractivity contribution is 0.622. The predicted molar refractivity (Wildman–Crippen MR) is 60.4 cm³/mol. The van der Waals surface area contributed by atoms with Gasteiger partial charge in [0, 0.05) is 24.8 Å². The van der Waals surface area contributed by atoms with Crippen LogP contribution in [-0.4, -0.2) is 13.1 Å². The Hall–Kier alpha value is -1.09. The van der Waals surface area contributed by atoms with E-state index >= 15 is 0 Å². The van der Waals surface area contributed by atoms with Crippen LogP contribution in [0.15, 0.2) is 18.2 Å². The summed E-state index contributed by atoms with van der Waals surface area (Å²) in [7, 11) is 0. The molecule has 1 atom stereocenters. The number of hydrogen-bond acceptors (Lipinski definition) is 2. The van der Waals surface area contributed by atoms with Gasteiger partial charge in [-0.3, -0.25) is 0 Å². The van der Waals surface area contributed by atoms with Gasteiger partial charge in [-0.15, -0.1) is 0 Å². The maximum absolute atomic E-state index is 13.1. The van der Waals surface area contributed by atoms with Crippen LogP contribution in [0.1, 0.15) is 31.4 Å². The smallest absolute Gasteiger partial charge is 0.123 e. The normalized spacial score (nSPS) is 18.2. The van der Waals surface area contributed by atoms with E-state index in [4.69, 9.17) is 5.73 Å². The molecule has 1 fully saturated rings. The largest absolute Gasteiger partial charge is 0.371 e. The highest BCUT2D eigenvalue weighted by molar-refractivity contribution is 5.55. The Balaban J connectivity index is 2.36. The number of nitrogens with zero attached hydrogens (tertiary/aromatic N) is 1. The second kappa shape index (κ2) is 4.19. The molecule has 0 spiro atoms. The SMILES string of the molecule is C[C@@H](N)c1cc(F)ccc1N1CCCC1. The van der Waals surface area contributed by atoms with E-state index in [0.717, 1.165) is 24.3 Å². The zero-order valence-electron chi connectivity index (χ0n) is 9.04. The van der Waals surface area contributed by atoms with Crippen molar-refractivity contribution in [1.82, 2.24) is 0 Å². The van der Waals surface area contributed by atoms with Crippen molar-refractivity contribution in [3.8, 4) is 0 Å². The molecule has 1 aromatic rings. The average Bonchev–Trinajstić information content (AvgIpc) is 2.70. The van der Waals surface area contributed by atoms with Crippen molar-refractivity contribution in [3.05, 3.63) is 29.6 Å². The molecule has 0 radical (unpaired) electrons. The first-order valence-corrected chi connectivity index (χ1v) is 5.48. The van der Waals surface area contributed by atoms with Crippen molar-refractivity contribution in [1.29, 1.82) is 0 Å². The van der Waals surface area contributed by atoms with Crippen LogP contribution in [0.25, 0.3) is 0 Å². The van der Waals surface area contributed by atoms with Gasteiger partial charge in [0.05, 0.1) is 0 Å². The summed E-state index contributed by atoms with van der Waals surface area (Å²) >= 11 is 0. The Morgan fingerprint density at radius 1 is 1.33 bits per heavy atom. The molecule has 2 N–H and O–H groups in total. The fraction of sp³-hybridized carbons (Fsp3) is 0.500. The summed E-state index contributed by atoms with van der Waals surface area (Å²) in [5.41, 5.74) is 7.87. The van der Waals surface area contributed by atoms with Crippen LogP contribution in [0, 0.1) is 5.82 Å². The molecular formula is C12H17FN2. The number of halogens is 1. The minimum absolute atomic E-state index is 0.115. The molecule has 0 aromatic heterocycles. The highest BCUT2D eigenvalue weighted by Crippen LogP contribution is 2.28. The highest BCUT2D eigenvalue weighted by Gasteiger charge is 2.17. The van der Waals surface area contributed by atoms with E-state index < -0.39 is 0 Å². The van der Waals surface area contributed by atoms with E-state index in [1.165, 1.54) is 18.9 Å². The van der Waals surface area contributed by atoms with Crippen LogP contribution in [0.2, 0.25) is 0 Å². The first-order chi connectivity index (χ1) is 7.18. The first kappa shape index (κ1) is 10.4. The van der Waals surface area contributed by atoms with Crippen LogP contribution >= 0.6 is 0 Å². The van der Waals surface area contributed by atoms with Crippen molar-refractivity contribution in [2.24, 2.45) is 5.73 Å². The van der Waals surface area contributed by atoms with Crippen LogP contribution in [0.3, 0.4) is 0 Å². The van der Waals surface area contributed by atoms with Crippen molar-refractivity contribution in [3.63, 3.8) is 0 Å². The van der Waals surface area contributed by atoms with Gasteiger partial charge in [-0.2, -0.15) is 0 Å². The molecule has 1 aromatic carbocycles. The van der Waals surface area contributed by atoms with E-state index in [-0.39, 0.29) is 11.9 Å². The molecule has 1 aliphatic rings. The van der Waals surface area contributed by atoms with E-state index in [9.17, 15) is 4.39 Å². The molecule has 0 saturated carbocycles. The Labute approximate surface area is 89.9 Å². The van der Waals surface area contributed by atoms with Gasteiger partial charge in [0.25, 0.3) is 0 Å². The highest BCUT2D eigenvalue weighted by atomic mass is 19.1. The lowest BCUT2D eigenvalue weighted by Gasteiger charge is -2.23. The maximum atomic E-state index is 13.1. The number of rotatable bonds is 2.